The summed E-state index contributed by atoms with van der Waals surface area (Å²) in [7, 11) is 1.54. The van der Waals surface area contributed by atoms with Gasteiger partial charge in [-0.25, -0.2) is 9.97 Å². The fourth-order valence-corrected chi connectivity index (χ4v) is 3.15. The molecule has 132 valence electrons. The molecule has 1 fully saturated rings. The number of carbonyl (C=O) groups is 1. The van der Waals surface area contributed by atoms with Gasteiger partial charge in [-0.15, -0.1) is 0 Å². The van der Waals surface area contributed by atoms with E-state index in [2.05, 4.69) is 20.6 Å². The molecule has 2 aromatic rings. The first-order chi connectivity index (χ1) is 12.2. The van der Waals surface area contributed by atoms with E-state index < -0.39 is 0 Å². The number of methoxy groups -OCH3 is 1. The number of ether oxygens (including phenoxy) is 1. The minimum Gasteiger partial charge on any atom is -0.495 e. The van der Waals surface area contributed by atoms with E-state index in [0.717, 1.165) is 12.8 Å². The summed E-state index contributed by atoms with van der Waals surface area (Å²) in [6.07, 6.45) is 7.40. The van der Waals surface area contributed by atoms with Crippen molar-refractivity contribution in [1.29, 1.82) is 0 Å². The Morgan fingerprint density at radius 3 is 2.76 bits per heavy atom. The standard InChI is InChI=1S/C18H21ClN4O2/c1-25-16-8-7-12(19)9-14(16)23-18(24)15-10-17(21-11-20-15)22-13-5-3-2-4-6-13/h7-11,13H,2-6H2,1H3,(H,23,24)(H,20,21,22). The quantitative estimate of drug-likeness (QED) is 0.838. The van der Waals surface area contributed by atoms with E-state index in [4.69, 9.17) is 16.3 Å². The van der Waals surface area contributed by atoms with Crippen molar-refractivity contribution in [1.82, 2.24) is 9.97 Å². The molecule has 25 heavy (non-hydrogen) atoms. The second-order valence-corrected chi connectivity index (χ2v) is 6.50. The van der Waals surface area contributed by atoms with Crippen LogP contribution >= 0.6 is 11.6 Å². The summed E-state index contributed by atoms with van der Waals surface area (Å²) in [5.41, 5.74) is 0.788. The molecule has 1 saturated carbocycles. The first-order valence-electron chi connectivity index (χ1n) is 8.39. The number of benzene rings is 1. The highest BCUT2D eigenvalue weighted by molar-refractivity contribution is 6.31. The summed E-state index contributed by atoms with van der Waals surface area (Å²) in [6.45, 7) is 0. The molecular formula is C18H21ClN4O2. The zero-order valence-corrected chi connectivity index (χ0v) is 14.8. The summed E-state index contributed by atoms with van der Waals surface area (Å²) in [5, 5.41) is 6.69. The highest BCUT2D eigenvalue weighted by Crippen LogP contribution is 2.28. The third-order valence-electron chi connectivity index (χ3n) is 4.27. The molecule has 0 aliphatic heterocycles. The Hall–Kier alpha value is -2.34. The van der Waals surface area contributed by atoms with E-state index in [0.29, 0.717) is 28.3 Å². The molecule has 1 aliphatic rings. The van der Waals surface area contributed by atoms with E-state index in [-0.39, 0.29) is 11.6 Å². The van der Waals surface area contributed by atoms with Crippen molar-refractivity contribution in [2.45, 2.75) is 38.1 Å². The lowest BCUT2D eigenvalue weighted by Gasteiger charge is -2.23. The van der Waals surface area contributed by atoms with Gasteiger partial charge in [-0.05, 0) is 31.0 Å². The van der Waals surface area contributed by atoms with Crippen molar-refractivity contribution in [3.8, 4) is 5.75 Å². The van der Waals surface area contributed by atoms with Crippen molar-refractivity contribution in [3.05, 3.63) is 41.3 Å². The topological polar surface area (TPSA) is 76.1 Å². The molecule has 3 rings (SSSR count). The SMILES string of the molecule is COc1ccc(Cl)cc1NC(=O)c1cc(NC2CCCCC2)ncn1. The number of halogens is 1. The third-order valence-corrected chi connectivity index (χ3v) is 4.50. The lowest BCUT2D eigenvalue weighted by molar-refractivity contribution is 0.102. The van der Waals surface area contributed by atoms with Gasteiger partial charge in [0, 0.05) is 17.1 Å². The zero-order valence-electron chi connectivity index (χ0n) is 14.1. The first-order valence-corrected chi connectivity index (χ1v) is 8.77. The van der Waals surface area contributed by atoms with E-state index in [1.807, 2.05) is 0 Å². The Balaban J connectivity index is 1.72. The van der Waals surface area contributed by atoms with Gasteiger partial charge in [-0.1, -0.05) is 30.9 Å². The molecule has 6 nitrogen and oxygen atoms in total. The number of aromatic nitrogens is 2. The van der Waals surface area contributed by atoms with Crippen molar-refractivity contribution < 1.29 is 9.53 Å². The molecule has 0 saturated heterocycles. The minimum absolute atomic E-state index is 0.287. The maximum Gasteiger partial charge on any atom is 0.274 e. The molecule has 1 aromatic heterocycles. The highest BCUT2D eigenvalue weighted by atomic mass is 35.5. The summed E-state index contributed by atoms with van der Waals surface area (Å²) in [4.78, 5) is 20.8. The van der Waals surface area contributed by atoms with Crippen LogP contribution in [0.25, 0.3) is 0 Å². The van der Waals surface area contributed by atoms with Gasteiger partial charge in [0.25, 0.3) is 5.91 Å². The van der Waals surface area contributed by atoms with Crippen LogP contribution in [-0.2, 0) is 0 Å². The van der Waals surface area contributed by atoms with Gasteiger partial charge in [0.15, 0.2) is 0 Å². The molecule has 1 heterocycles. The van der Waals surface area contributed by atoms with Crippen LogP contribution < -0.4 is 15.4 Å². The molecule has 0 spiro atoms. The molecule has 7 heteroatoms. The Morgan fingerprint density at radius 2 is 2.00 bits per heavy atom. The van der Waals surface area contributed by atoms with Crippen LogP contribution in [0.1, 0.15) is 42.6 Å². The number of carbonyl (C=O) groups excluding carboxylic acids is 1. The monoisotopic (exact) mass is 360 g/mol. The van der Waals surface area contributed by atoms with Crippen molar-refractivity contribution >= 4 is 29.0 Å². The predicted octanol–water partition coefficient (Wildman–Crippen LogP) is 4.14. The number of hydrogen-bond acceptors (Lipinski definition) is 5. The van der Waals surface area contributed by atoms with Crippen LogP contribution in [0, 0.1) is 0 Å². The smallest absolute Gasteiger partial charge is 0.274 e. The van der Waals surface area contributed by atoms with Crippen LogP contribution in [0.15, 0.2) is 30.6 Å². The summed E-state index contributed by atoms with van der Waals surface area (Å²) in [6, 6.07) is 7.12. The Kier molecular flexibility index (Phi) is 5.71. The Bertz CT molecular complexity index is 748. The average Bonchev–Trinajstić information content (AvgIpc) is 2.63. The lowest BCUT2D eigenvalue weighted by Crippen LogP contribution is -2.23. The van der Waals surface area contributed by atoms with Crippen molar-refractivity contribution in [2.75, 3.05) is 17.7 Å². The predicted molar refractivity (Wildman–Crippen MR) is 98.5 cm³/mol. The third kappa shape index (κ3) is 4.60. The molecule has 0 radical (unpaired) electrons. The van der Waals surface area contributed by atoms with E-state index in [9.17, 15) is 4.79 Å². The highest BCUT2D eigenvalue weighted by Gasteiger charge is 2.16. The second-order valence-electron chi connectivity index (χ2n) is 6.07. The molecule has 2 N–H and O–H groups in total. The van der Waals surface area contributed by atoms with Crippen LogP contribution in [-0.4, -0.2) is 29.0 Å². The van der Waals surface area contributed by atoms with Gasteiger partial charge in [0.05, 0.1) is 12.8 Å². The van der Waals surface area contributed by atoms with Crippen LogP contribution in [0.2, 0.25) is 5.02 Å². The van der Waals surface area contributed by atoms with Gasteiger partial charge in [0.2, 0.25) is 0 Å². The second kappa shape index (κ2) is 8.16. The molecule has 0 atom stereocenters. The lowest BCUT2D eigenvalue weighted by atomic mass is 9.95. The van der Waals surface area contributed by atoms with Gasteiger partial charge in [-0.3, -0.25) is 4.79 Å². The molecular weight excluding hydrogens is 340 g/mol. The average molecular weight is 361 g/mol. The fraction of sp³-hybridized carbons (Fsp3) is 0.389. The van der Waals surface area contributed by atoms with Gasteiger partial charge in [0.1, 0.15) is 23.6 Å². The normalized spacial score (nSPS) is 14.8. The van der Waals surface area contributed by atoms with Gasteiger partial charge >= 0.3 is 0 Å². The number of rotatable bonds is 5. The molecule has 1 aliphatic carbocycles. The van der Waals surface area contributed by atoms with E-state index >= 15 is 0 Å². The number of nitrogens with zero attached hydrogens (tertiary/aromatic N) is 2. The molecule has 0 bridgehead atoms. The number of nitrogens with one attached hydrogen (secondary N) is 2. The van der Waals surface area contributed by atoms with Crippen LogP contribution in [0.3, 0.4) is 0 Å². The van der Waals surface area contributed by atoms with E-state index in [1.165, 1.54) is 32.7 Å². The van der Waals surface area contributed by atoms with Crippen molar-refractivity contribution in [3.63, 3.8) is 0 Å². The first kappa shape index (κ1) is 17.5. The maximum absolute atomic E-state index is 12.5. The van der Waals surface area contributed by atoms with Crippen LogP contribution in [0.4, 0.5) is 11.5 Å². The van der Waals surface area contributed by atoms with Gasteiger partial charge in [-0.2, -0.15) is 0 Å². The fourth-order valence-electron chi connectivity index (χ4n) is 2.98. The largest absolute Gasteiger partial charge is 0.495 e. The number of amides is 1. The van der Waals surface area contributed by atoms with Crippen molar-refractivity contribution in [2.24, 2.45) is 0 Å². The Morgan fingerprint density at radius 1 is 1.20 bits per heavy atom. The number of hydrogen-bond donors (Lipinski definition) is 2. The maximum atomic E-state index is 12.5. The Labute approximate surface area is 152 Å². The van der Waals surface area contributed by atoms with Gasteiger partial charge < -0.3 is 15.4 Å². The molecule has 1 aromatic carbocycles. The zero-order chi connectivity index (χ0) is 17.6. The van der Waals surface area contributed by atoms with E-state index in [1.54, 1.807) is 24.3 Å². The minimum atomic E-state index is -0.338. The van der Waals surface area contributed by atoms with Crippen LogP contribution in [0.5, 0.6) is 5.75 Å². The summed E-state index contributed by atoms with van der Waals surface area (Å²) < 4.78 is 5.24. The molecule has 0 unspecified atom stereocenters. The number of anilines is 2. The summed E-state index contributed by atoms with van der Waals surface area (Å²) in [5.74, 6) is 0.868. The summed E-state index contributed by atoms with van der Waals surface area (Å²) >= 11 is 5.99. The molecule has 1 amide bonds.